The number of carbonyl (C=O) groups excluding carboxylic acids is 1. The predicted octanol–water partition coefficient (Wildman–Crippen LogP) is 3.14. The molecule has 2 N–H and O–H groups in total. The third-order valence-corrected chi connectivity index (χ3v) is 4.21. The second kappa shape index (κ2) is 9.82. The van der Waals surface area contributed by atoms with Crippen LogP contribution in [0.5, 0.6) is 0 Å². The molecule has 0 heterocycles. The van der Waals surface area contributed by atoms with Crippen molar-refractivity contribution in [2.45, 2.75) is 77.3 Å². The van der Waals surface area contributed by atoms with Crippen molar-refractivity contribution < 1.29 is 19.2 Å². The molecule has 22 heavy (non-hydrogen) atoms. The highest BCUT2D eigenvalue weighted by molar-refractivity contribution is 5.85. The minimum Gasteiger partial charge on any atom is -0.475 e. The first-order chi connectivity index (χ1) is 10.2. The van der Waals surface area contributed by atoms with E-state index in [2.05, 4.69) is 12.2 Å². The summed E-state index contributed by atoms with van der Waals surface area (Å²) in [4.78, 5) is 24.0. The summed E-state index contributed by atoms with van der Waals surface area (Å²) >= 11 is 0. The molecule has 0 aromatic heterocycles. The zero-order valence-electron chi connectivity index (χ0n) is 15.1. The smallest absolute Gasteiger partial charge is 0.388 e. The van der Waals surface area contributed by atoms with E-state index in [1.807, 2.05) is 28.1 Å². The molecule has 0 rings (SSSR count). The maximum atomic E-state index is 12.2. The fourth-order valence-corrected chi connectivity index (χ4v) is 2.73. The summed E-state index contributed by atoms with van der Waals surface area (Å²) in [6.45, 7) is 4.12. The van der Waals surface area contributed by atoms with Crippen LogP contribution in [0.1, 0.15) is 71.6 Å². The first-order valence-corrected chi connectivity index (χ1v) is 8.57. The van der Waals surface area contributed by atoms with Gasteiger partial charge in [0.1, 0.15) is 0 Å². The van der Waals surface area contributed by atoms with E-state index in [9.17, 15) is 14.7 Å². The molecule has 1 unspecified atom stereocenters. The Labute approximate surface area is 135 Å². The van der Waals surface area contributed by atoms with Gasteiger partial charge in [0.2, 0.25) is 5.91 Å². The minimum atomic E-state index is -1.24. The second-order valence-electron chi connectivity index (χ2n) is 6.99. The molecule has 0 aliphatic carbocycles. The molecule has 0 saturated heterocycles. The number of carboxylic acids is 1. The maximum absolute atomic E-state index is 12.2. The Morgan fingerprint density at radius 1 is 0.955 bits per heavy atom. The van der Waals surface area contributed by atoms with Crippen molar-refractivity contribution in [3.05, 3.63) is 0 Å². The summed E-state index contributed by atoms with van der Waals surface area (Å²) in [6.07, 6.45) is 8.22. The zero-order valence-corrected chi connectivity index (χ0v) is 15.1. The Hall–Kier alpha value is -1.10. The molecule has 0 aliphatic rings. The lowest BCUT2D eigenvalue weighted by atomic mass is 9.99. The van der Waals surface area contributed by atoms with Gasteiger partial charge in [-0.25, -0.2) is 4.79 Å². The largest absolute Gasteiger partial charge is 0.475 e. The average molecular weight is 315 g/mol. The van der Waals surface area contributed by atoms with Gasteiger partial charge in [-0.05, 0) is 12.8 Å². The molecular formula is C17H35N2O3+. The van der Waals surface area contributed by atoms with Crippen molar-refractivity contribution in [1.29, 1.82) is 0 Å². The van der Waals surface area contributed by atoms with Gasteiger partial charge in [-0.15, -0.1) is 0 Å². The maximum Gasteiger partial charge on any atom is 0.388 e. The highest BCUT2D eigenvalue weighted by atomic mass is 16.4. The third-order valence-electron chi connectivity index (χ3n) is 4.21. The van der Waals surface area contributed by atoms with Gasteiger partial charge in [-0.2, -0.15) is 0 Å². The van der Waals surface area contributed by atoms with Crippen LogP contribution >= 0.6 is 0 Å². The minimum absolute atomic E-state index is 0.153. The number of likely N-dealkylation sites (N-methyl/N-ethyl adjacent to an activating group) is 1. The lowest BCUT2D eigenvalue weighted by Gasteiger charge is -2.43. The third kappa shape index (κ3) is 6.34. The molecular weight excluding hydrogens is 280 g/mol. The topological polar surface area (TPSA) is 66.4 Å². The quantitative estimate of drug-likeness (QED) is 0.330. The summed E-state index contributed by atoms with van der Waals surface area (Å²) < 4.78 is 0.179. The normalized spacial score (nSPS) is 14.4. The molecule has 0 spiro atoms. The standard InChI is InChI=1S/C17H34N2O3/c1-6-8-9-10-11-12-13-15(20)18-17(14-7-2,16(21)22)19(3,4)5/h6-14H2,1-5H3,(H-,18,20,21,22)/p+1. The van der Waals surface area contributed by atoms with Gasteiger partial charge in [0.25, 0.3) is 5.66 Å². The van der Waals surface area contributed by atoms with E-state index in [4.69, 9.17) is 0 Å². The van der Waals surface area contributed by atoms with Crippen molar-refractivity contribution in [2.75, 3.05) is 21.1 Å². The van der Waals surface area contributed by atoms with Crippen LogP contribution in [0.2, 0.25) is 0 Å². The SMILES string of the molecule is CCCCCCCCC(=O)NC(CCC)(C(=O)O)[N+](C)(C)C. The Morgan fingerprint density at radius 3 is 1.95 bits per heavy atom. The van der Waals surface area contributed by atoms with Gasteiger partial charge in [0, 0.05) is 12.8 Å². The van der Waals surface area contributed by atoms with Crippen LogP contribution in [0.4, 0.5) is 0 Å². The predicted molar refractivity (Wildman–Crippen MR) is 89.4 cm³/mol. The van der Waals surface area contributed by atoms with Crippen LogP contribution < -0.4 is 5.32 Å². The molecule has 0 radical (unpaired) electrons. The first-order valence-electron chi connectivity index (χ1n) is 8.57. The number of carbonyl (C=O) groups is 2. The summed E-state index contributed by atoms with van der Waals surface area (Å²) in [7, 11) is 5.44. The van der Waals surface area contributed by atoms with Gasteiger partial charge in [-0.1, -0.05) is 46.0 Å². The molecule has 1 amide bonds. The number of quaternary nitrogens is 1. The van der Waals surface area contributed by atoms with Gasteiger partial charge < -0.3 is 5.11 Å². The van der Waals surface area contributed by atoms with E-state index < -0.39 is 11.6 Å². The van der Waals surface area contributed by atoms with Crippen LogP contribution in [0, 0.1) is 0 Å². The molecule has 0 aromatic carbocycles. The van der Waals surface area contributed by atoms with Crippen molar-refractivity contribution in [1.82, 2.24) is 5.32 Å². The molecule has 1 atom stereocenters. The number of nitrogens with one attached hydrogen (secondary N) is 1. The first kappa shape index (κ1) is 20.9. The summed E-state index contributed by atoms with van der Waals surface area (Å²) in [5, 5.41) is 12.5. The molecule has 0 bridgehead atoms. The molecule has 0 aliphatic heterocycles. The second-order valence-corrected chi connectivity index (χ2v) is 6.99. The van der Waals surface area contributed by atoms with E-state index in [-0.39, 0.29) is 10.4 Å². The van der Waals surface area contributed by atoms with E-state index in [1.54, 1.807) is 0 Å². The molecule has 0 fully saturated rings. The van der Waals surface area contributed by atoms with Crippen molar-refractivity contribution in [3.8, 4) is 0 Å². The number of unbranched alkanes of at least 4 members (excludes halogenated alkanes) is 5. The average Bonchev–Trinajstić information content (AvgIpc) is 2.40. The van der Waals surface area contributed by atoms with E-state index in [0.29, 0.717) is 19.3 Å². The monoisotopic (exact) mass is 315 g/mol. The van der Waals surface area contributed by atoms with Gasteiger partial charge in [-0.3, -0.25) is 14.6 Å². The number of nitrogens with zero attached hydrogens (tertiary/aromatic N) is 1. The van der Waals surface area contributed by atoms with Crippen LogP contribution in [-0.2, 0) is 9.59 Å². The summed E-state index contributed by atoms with van der Waals surface area (Å²) in [6, 6.07) is 0. The highest BCUT2D eigenvalue weighted by Gasteiger charge is 2.51. The Kier molecular flexibility index (Phi) is 9.33. The van der Waals surface area contributed by atoms with Crippen molar-refractivity contribution >= 4 is 11.9 Å². The summed E-state index contributed by atoms with van der Waals surface area (Å²) in [5.74, 6) is -1.11. The van der Waals surface area contributed by atoms with E-state index in [0.717, 1.165) is 19.3 Å². The fourth-order valence-electron chi connectivity index (χ4n) is 2.73. The number of aliphatic carboxylic acids is 1. The zero-order chi connectivity index (χ0) is 17.2. The molecule has 5 heteroatoms. The molecule has 5 nitrogen and oxygen atoms in total. The van der Waals surface area contributed by atoms with Crippen LogP contribution in [0.3, 0.4) is 0 Å². The van der Waals surface area contributed by atoms with Gasteiger partial charge in [0.15, 0.2) is 0 Å². The number of rotatable bonds is 12. The van der Waals surface area contributed by atoms with E-state index in [1.165, 1.54) is 19.3 Å². The van der Waals surface area contributed by atoms with Crippen LogP contribution in [-0.4, -0.2) is 48.3 Å². The number of hydrogen-bond acceptors (Lipinski definition) is 2. The van der Waals surface area contributed by atoms with Crippen LogP contribution in [0.25, 0.3) is 0 Å². The number of carboxylic acid groups (broad SMARTS) is 1. The Bertz CT molecular complexity index is 350. The summed E-state index contributed by atoms with van der Waals surface area (Å²) in [5.41, 5.74) is -1.24. The lowest BCUT2D eigenvalue weighted by molar-refractivity contribution is -0.917. The van der Waals surface area contributed by atoms with Crippen molar-refractivity contribution in [2.24, 2.45) is 0 Å². The molecule has 0 aromatic rings. The molecule has 130 valence electrons. The fraction of sp³-hybridized carbons (Fsp3) is 0.882. The molecule has 0 saturated carbocycles. The van der Waals surface area contributed by atoms with Gasteiger partial charge in [0.05, 0.1) is 21.1 Å². The van der Waals surface area contributed by atoms with Crippen molar-refractivity contribution in [3.63, 3.8) is 0 Å². The lowest BCUT2D eigenvalue weighted by Crippen LogP contribution is -2.71. The number of amides is 1. The number of hydrogen-bond donors (Lipinski definition) is 2. The highest BCUT2D eigenvalue weighted by Crippen LogP contribution is 2.23. The Morgan fingerprint density at radius 2 is 1.50 bits per heavy atom. The van der Waals surface area contributed by atoms with E-state index >= 15 is 0 Å². The van der Waals surface area contributed by atoms with Crippen LogP contribution in [0.15, 0.2) is 0 Å². The Balaban J connectivity index is 4.55. The van der Waals surface area contributed by atoms with Gasteiger partial charge >= 0.3 is 5.97 Å².